The Kier molecular flexibility index (Phi) is 0.865. The van der Waals surface area contributed by atoms with Gasteiger partial charge < -0.3 is 15.2 Å². The van der Waals surface area contributed by atoms with Gasteiger partial charge in [-0.15, -0.1) is 0 Å². The van der Waals surface area contributed by atoms with E-state index in [1.165, 1.54) is 0 Å². The van der Waals surface area contributed by atoms with Crippen LogP contribution in [0.15, 0.2) is 0 Å². The predicted octanol–water partition coefficient (Wildman–Crippen LogP) is 0.129. The van der Waals surface area contributed by atoms with Crippen LogP contribution in [0.4, 0.5) is 0 Å². The highest BCUT2D eigenvalue weighted by Crippen LogP contribution is 2.13. The Hall–Kier alpha value is -1.19. The second-order valence-corrected chi connectivity index (χ2v) is 1.51. The molecule has 3 N–H and O–H groups in total. The lowest BCUT2D eigenvalue weighted by Gasteiger charge is -1.77. The van der Waals surface area contributed by atoms with E-state index in [1.54, 1.807) is 6.92 Å². The zero-order valence-electron chi connectivity index (χ0n) is 4.34. The summed E-state index contributed by atoms with van der Waals surface area (Å²) in [6, 6.07) is -0.250. The molecule has 0 fully saturated rings. The van der Waals surface area contributed by atoms with Crippen molar-refractivity contribution in [2.24, 2.45) is 0 Å². The molecule has 0 radical (unpaired) electrons. The smallest absolute Gasteiger partial charge is 0.294 e. The molecule has 0 aliphatic carbocycles. The van der Waals surface area contributed by atoms with Gasteiger partial charge in [-0.2, -0.15) is 4.98 Å². The van der Waals surface area contributed by atoms with Gasteiger partial charge in [-0.05, 0) is 6.92 Å². The van der Waals surface area contributed by atoms with Crippen LogP contribution in [0.3, 0.4) is 0 Å². The third-order valence-electron chi connectivity index (χ3n) is 0.847. The van der Waals surface area contributed by atoms with Gasteiger partial charge in [-0.25, -0.2) is 0 Å². The van der Waals surface area contributed by atoms with E-state index in [0.29, 0.717) is 5.69 Å². The Labute approximate surface area is 45.8 Å². The summed E-state index contributed by atoms with van der Waals surface area (Å²) in [6.07, 6.45) is 0. The number of aromatic amines is 1. The first-order chi connectivity index (χ1) is 3.70. The van der Waals surface area contributed by atoms with E-state index >= 15 is 0 Å². The van der Waals surface area contributed by atoms with E-state index in [2.05, 4.69) is 9.97 Å². The van der Waals surface area contributed by atoms with Crippen molar-refractivity contribution in [1.82, 2.24) is 9.97 Å². The first-order valence-corrected chi connectivity index (χ1v) is 2.14. The van der Waals surface area contributed by atoms with Crippen LogP contribution in [0.5, 0.6) is 11.9 Å². The molecule has 0 aliphatic rings. The quantitative estimate of drug-likeness (QED) is 0.449. The van der Waals surface area contributed by atoms with Gasteiger partial charge in [0.15, 0.2) is 0 Å². The predicted molar refractivity (Wildman–Crippen MR) is 26.7 cm³/mol. The van der Waals surface area contributed by atoms with E-state index in [0.717, 1.165) is 0 Å². The number of nitrogens with one attached hydrogen (secondary N) is 1. The first-order valence-electron chi connectivity index (χ1n) is 2.14. The highest BCUT2D eigenvalue weighted by molar-refractivity contribution is 5.18. The van der Waals surface area contributed by atoms with Crippen LogP contribution in [-0.2, 0) is 0 Å². The minimum absolute atomic E-state index is 0.150. The Morgan fingerprint density at radius 2 is 2.12 bits per heavy atom. The highest BCUT2D eigenvalue weighted by Gasteiger charge is 1.99. The Morgan fingerprint density at radius 3 is 2.25 bits per heavy atom. The van der Waals surface area contributed by atoms with Gasteiger partial charge in [0.1, 0.15) is 0 Å². The number of H-pyrrole nitrogens is 1. The molecule has 0 unspecified atom stereocenters. The van der Waals surface area contributed by atoms with E-state index in [1.807, 2.05) is 0 Å². The molecule has 0 spiro atoms. The summed E-state index contributed by atoms with van der Waals surface area (Å²) >= 11 is 0. The molecule has 0 saturated carbocycles. The number of aryl methyl sites for hydroxylation is 1. The number of imidazole rings is 1. The minimum Gasteiger partial charge on any atom is -0.492 e. The molecule has 0 atom stereocenters. The van der Waals surface area contributed by atoms with Crippen molar-refractivity contribution in [3.05, 3.63) is 5.69 Å². The second-order valence-electron chi connectivity index (χ2n) is 1.51. The molecule has 0 amide bonds. The average Bonchev–Trinajstić information content (AvgIpc) is 1.85. The number of nitrogens with zero attached hydrogens (tertiary/aromatic N) is 1. The topological polar surface area (TPSA) is 69.1 Å². The van der Waals surface area contributed by atoms with Crippen molar-refractivity contribution in [3.63, 3.8) is 0 Å². The Morgan fingerprint density at radius 1 is 1.50 bits per heavy atom. The van der Waals surface area contributed by atoms with Gasteiger partial charge in [-0.3, -0.25) is 0 Å². The van der Waals surface area contributed by atoms with Gasteiger partial charge in [0.25, 0.3) is 6.01 Å². The maximum Gasteiger partial charge on any atom is 0.294 e. The summed E-state index contributed by atoms with van der Waals surface area (Å²) in [7, 11) is 0. The highest BCUT2D eigenvalue weighted by atomic mass is 16.3. The molecule has 0 saturated heterocycles. The minimum atomic E-state index is -0.250. The fourth-order valence-corrected chi connectivity index (χ4v) is 0.436. The van der Waals surface area contributed by atoms with E-state index < -0.39 is 0 Å². The van der Waals surface area contributed by atoms with Crippen LogP contribution in [0.25, 0.3) is 0 Å². The molecular formula is C4H6N2O2. The molecular weight excluding hydrogens is 108 g/mol. The van der Waals surface area contributed by atoms with Crippen molar-refractivity contribution in [1.29, 1.82) is 0 Å². The third kappa shape index (κ3) is 0.598. The van der Waals surface area contributed by atoms with Crippen LogP contribution in [0.1, 0.15) is 5.69 Å². The van der Waals surface area contributed by atoms with Gasteiger partial charge in [0, 0.05) is 0 Å². The van der Waals surface area contributed by atoms with Crippen molar-refractivity contribution in [2.75, 3.05) is 0 Å². The molecule has 0 aliphatic heterocycles. The number of rotatable bonds is 0. The summed E-state index contributed by atoms with van der Waals surface area (Å²) < 4.78 is 0. The maximum absolute atomic E-state index is 8.64. The summed E-state index contributed by atoms with van der Waals surface area (Å²) in [5, 5.41) is 17.1. The van der Waals surface area contributed by atoms with Gasteiger partial charge in [0.2, 0.25) is 5.88 Å². The molecule has 1 rings (SSSR count). The Bertz CT molecular complexity index is 174. The SMILES string of the molecule is Cc1[nH]c(O)nc1O. The molecule has 1 aromatic rings. The lowest BCUT2D eigenvalue weighted by atomic mass is 10.5. The van der Waals surface area contributed by atoms with Gasteiger partial charge >= 0.3 is 0 Å². The lowest BCUT2D eigenvalue weighted by Crippen LogP contribution is -1.66. The van der Waals surface area contributed by atoms with E-state index in [9.17, 15) is 0 Å². The molecule has 0 bridgehead atoms. The summed E-state index contributed by atoms with van der Waals surface area (Å²) in [5.74, 6) is -0.150. The first kappa shape index (κ1) is 4.96. The maximum atomic E-state index is 8.64. The molecule has 4 heteroatoms. The average molecular weight is 114 g/mol. The van der Waals surface area contributed by atoms with Crippen molar-refractivity contribution >= 4 is 0 Å². The van der Waals surface area contributed by atoms with Crippen molar-refractivity contribution < 1.29 is 10.2 Å². The zero-order chi connectivity index (χ0) is 6.15. The largest absolute Gasteiger partial charge is 0.492 e. The monoisotopic (exact) mass is 114 g/mol. The van der Waals surface area contributed by atoms with Crippen LogP contribution < -0.4 is 0 Å². The third-order valence-corrected chi connectivity index (χ3v) is 0.847. The molecule has 1 aromatic heterocycles. The number of aromatic hydroxyl groups is 2. The Balaban J connectivity index is 3.14. The normalized spacial score (nSPS) is 9.62. The second kappa shape index (κ2) is 1.40. The summed E-state index contributed by atoms with van der Waals surface area (Å²) in [6.45, 7) is 1.61. The van der Waals surface area contributed by atoms with Crippen molar-refractivity contribution in [2.45, 2.75) is 6.92 Å². The summed E-state index contributed by atoms with van der Waals surface area (Å²) in [4.78, 5) is 5.67. The number of hydrogen-bond donors (Lipinski definition) is 3. The molecule has 0 aromatic carbocycles. The fourth-order valence-electron chi connectivity index (χ4n) is 0.436. The molecule has 1 heterocycles. The molecule has 8 heavy (non-hydrogen) atoms. The zero-order valence-corrected chi connectivity index (χ0v) is 4.34. The summed E-state index contributed by atoms with van der Waals surface area (Å²) in [5.41, 5.74) is 0.475. The van der Waals surface area contributed by atoms with Crippen LogP contribution in [0, 0.1) is 6.92 Å². The standard InChI is InChI=1S/C4H6N2O2/c1-2-3(7)6-4(8)5-2/h7H,1H3,(H2,5,6,8). The van der Waals surface area contributed by atoms with Crippen LogP contribution >= 0.6 is 0 Å². The van der Waals surface area contributed by atoms with E-state index in [-0.39, 0.29) is 11.9 Å². The number of aromatic nitrogens is 2. The van der Waals surface area contributed by atoms with Gasteiger partial charge in [0.05, 0.1) is 5.69 Å². The van der Waals surface area contributed by atoms with Crippen molar-refractivity contribution in [3.8, 4) is 11.9 Å². The molecule has 4 nitrogen and oxygen atoms in total. The molecule has 44 valence electrons. The number of hydrogen-bond acceptors (Lipinski definition) is 3. The van der Waals surface area contributed by atoms with E-state index in [4.69, 9.17) is 10.2 Å². The van der Waals surface area contributed by atoms with Crippen LogP contribution in [0.2, 0.25) is 0 Å². The lowest BCUT2D eigenvalue weighted by molar-refractivity contribution is 0.417. The fraction of sp³-hybridized carbons (Fsp3) is 0.250. The van der Waals surface area contributed by atoms with Crippen LogP contribution in [-0.4, -0.2) is 20.2 Å². The van der Waals surface area contributed by atoms with Gasteiger partial charge in [-0.1, -0.05) is 0 Å².